The first-order valence-corrected chi connectivity index (χ1v) is 25.3. The number of allylic oxidation sites excluding steroid dienone is 1. The number of carbonyl (C=O) groups is 1. The van der Waals surface area contributed by atoms with Gasteiger partial charge in [-0.15, -0.1) is 0 Å². The van der Waals surface area contributed by atoms with Crippen LogP contribution in [0.15, 0.2) is 78.1 Å². The smallest absolute Gasteiger partial charge is 0.268 e. The number of nitrogens with one attached hydrogen (secondary N) is 3. The highest BCUT2D eigenvalue weighted by atomic mass is 32.2. The molecule has 4 fully saturated rings. The number of aromatic nitrogens is 3. The number of rotatable bonds is 13. The summed E-state index contributed by atoms with van der Waals surface area (Å²) in [6.07, 6.45) is 16.8. The number of imidazole rings is 1. The van der Waals surface area contributed by atoms with Gasteiger partial charge in [-0.2, -0.15) is 0 Å². The normalized spacial score (nSPS) is 21.0. The van der Waals surface area contributed by atoms with Crippen LogP contribution in [0.1, 0.15) is 110 Å². The Morgan fingerprint density at radius 2 is 1.82 bits per heavy atom. The van der Waals surface area contributed by atoms with E-state index in [1.54, 1.807) is 17.8 Å². The molecule has 0 bridgehead atoms. The molecule has 5 aromatic rings. The zero-order valence-corrected chi connectivity index (χ0v) is 39.0. The third-order valence-electron chi connectivity index (χ3n) is 14.9. The molecule has 5 aliphatic rings. The number of nitrogens with zero attached hydrogens (tertiary/aromatic N) is 5. The number of piperidine rings is 1. The van der Waals surface area contributed by atoms with Crippen molar-refractivity contribution in [3.8, 4) is 11.5 Å². The van der Waals surface area contributed by atoms with Crippen LogP contribution in [0.4, 0.5) is 17.1 Å². The Labute approximate surface area is 387 Å². The molecule has 5 heterocycles. The molecule has 10 rings (SSSR count). The van der Waals surface area contributed by atoms with E-state index in [1.165, 1.54) is 50.7 Å². The molecule has 15 heteroatoms. The molecule has 0 unspecified atom stereocenters. The maximum Gasteiger partial charge on any atom is 0.268 e. The molecule has 1 saturated carbocycles. The molecule has 2 aliphatic carbocycles. The summed E-state index contributed by atoms with van der Waals surface area (Å²) in [6, 6.07) is 18.2. The number of likely N-dealkylation sites (tertiary alicyclic amines) is 1. The zero-order valence-electron chi connectivity index (χ0n) is 38.2. The van der Waals surface area contributed by atoms with Crippen molar-refractivity contribution in [1.29, 1.82) is 0 Å². The molecule has 348 valence electrons. The van der Waals surface area contributed by atoms with E-state index in [-0.39, 0.29) is 32.8 Å². The number of hydrogen-bond donors (Lipinski definition) is 3. The van der Waals surface area contributed by atoms with Gasteiger partial charge in [0, 0.05) is 70.2 Å². The molecular formula is C51H61N8O6S-. The second kappa shape index (κ2) is 18.3. The first kappa shape index (κ1) is 44.4. The third-order valence-corrected chi connectivity index (χ3v) is 16.3. The summed E-state index contributed by atoms with van der Waals surface area (Å²) in [6.45, 7) is 10.5. The van der Waals surface area contributed by atoms with Gasteiger partial charge < -0.3 is 34.9 Å². The minimum absolute atomic E-state index is 0.0387. The number of ether oxygens (including phenoxy) is 2. The molecule has 66 heavy (non-hydrogen) atoms. The summed E-state index contributed by atoms with van der Waals surface area (Å²) in [5, 5.41) is 17.0. The predicted molar refractivity (Wildman–Crippen MR) is 259 cm³/mol. The first-order chi connectivity index (χ1) is 31.9. The van der Waals surface area contributed by atoms with Gasteiger partial charge in [0.2, 0.25) is 0 Å². The summed E-state index contributed by atoms with van der Waals surface area (Å²) >= 11 is 0. The van der Waals surface area contributed by atoms with E-state index in [1.807, 2.05) is 30.4 Å². The van der Waals surface area contributed by atoms with Gasteiger partial charge in [0.1, 0.15) is 21.9 Å². The SMILES string of the molecule is CC(C)c1ccccc1[C@@H]1CCCC[C@@H]1N1CC2(CCN(c3ccc(C(=O)NS(=O)(=O)c4cc(N(C)[O-])c(NCC5CCOCC5)c5[nH]cnc45)c(Oc4cnc5c(c4)C=CC5)c3)CC2)C1. The summed E-state index contributed by atoms with van der Waals surface area (Å²) in [5.41, 5.74) is 7.13. The van der Waals surface area contributed by atoms with Crippen molar-refractivity contribution in [2.45, 2.75) is 94.4 Å². The van der Waals surface area contributed by atoms with Crippen LogP contribution >= 0.6 is 0 Å². The monoisotopic (exact) mass is 913 g/mol. The molecule has 1 amide bonds. The van der Waals surface area contributed by atoms with Crippen LogP contribution in [0.3, 0.4) is 0 Å². The van der Waals surface area contributed by atoms with Crippen molar-refractivity contribution < 1.29 is 22.7 Å². The summed E-state index contributed by atoms with van der Waals surface area (Å²) in [5.74, 6) is 1.18. The molecule has 2 aromatic heterocycles. The molecular weight excluding hydrogens is 853 g/mol. The number of fused-ring (bicyclic) bond motifs is 2. The number of hydroxylamine groups is 1. The van der Waals surface area contributed by atoms with Crippen LogP contribution in [0.25, 0.3) is 17.1 Å². The van der Waals surface area contributed by atoms with Gasteiger partial charge in [0.25, 0.3) is 15.9 Å². The quantitative estimate of drug-likeness (QED) is 0.0961. The van der Waals surface area contributed by atoms with Crippen LogP contribution in [0.5, 0.6) is 11.5 Å². The number of H-pyrrole nitrogens is 1. The molecule has 2 atom stereocenters. The van der Waals surface area contributed by atoms with Gasteiger partial charge in [-0.1, -0.05) is 63.1 Å². The number of hydrogen-bond acceptors (Lipinski definition) is 12. The Morgan fingerprint density at radius 1 is 1.03 bits per heavy atom. The van der Waals surface area contributed by atoms with Crippen molar-refractivity contribution in [3.63, 3.8) is 0 Å². The van der Waals surface area contributed by atoms with E-state index in [0.29, 0.717) is 65.6 Å². The second-order valence-electron chi connectivity index (χ2n) is 19.5. The highest BCUT2D eigenvalue weighted by Crippen LogP contribution is 2.48. The van der Waals surface area contributed by atoms with Gasteiger partial charge in [-0.25, -0.2) is 18.1 Å². The van der Waals surface area contributed by atoms with E-state index >= 15 is 0 Å². The second-order valence-corrected chi connectivity index (χ2v) is 21.1. The number of amides is 1. The largest absolute Gasteiger partial charge is 0.758 e. The Morgan fingerprint density at radius 3 is 2.61 bits per heavy atom. The van der Waals surface area contributed by atoms with Crippen molar-refractivity contribution in [3.05, 3.63) is 106 Å². The van der Waals surface area contributed by atoms with Crippen molar-refractivity contribution in [2.75, 3.05) is 68.3 Å². The van der Waals surface area contributed by atoms with Gasteiger partial charge in [0.15, 0.2) is 0 Å². The summed E-state index contributed by atoms with van der Waals surface area (Å²) in [7, 11) is -3.26. The van der Waals surface area contributed by atoms with Crippen molar-refractivity contribution in [2.24, 2.45) is 11.3 Å². The Balaban J connectivity index is 0.875. The van der Waals surface area contributed by atoms with Crippen LogP contribution in [0.2, 0.25) is 0 Å². The molecule has 14 nitrogen and oxygen atoms in total. The fourth-order valence-electron chi connectivity index (χ4n) is 11.3. The first-order valence-electron chi connectivity index (χ1n) is 23.8. The lowest BCUT2D eigenvalue weighted by molar-refractivity contribution is -0.0612. The molecule has 3 aromatic carbocycles. The summed E-state index contributed by atoms with van der Waals surface area (Å²) in [4.78, 5) is 31.1. The number of anilines is 3. The van der Waals surface area contributed by atoms with E-state index in [9.17, 15) is 18.4 Å². The van der Waals surface area contributed by atoms with Crippen LogP contribution < -0.4 is 24.7 Å². The van der Waals surface area contributed by atoms with E-state index in [0.717, 1.165) is 75.2 Å². The number of carbonyl (C=O) groups excluding carboxylic acids is 1. The lowest BCUT2D eigenvalue weighted by atomic mass is 9.68. The maximum absolute atomic E-state index is 14.3. The molecule has 3 N–H and O–H groups in total. The van der Waals surface area contributed by atoms with Crippen LogP contribution in [-0.2, 0) is 21.2 Å². The zero-order chi connectivity index (χ0) is 45.6. The number of benzene rings is 3. The molecule has 1 spiro atoms. The predicted octanol–water partition coefficient (Wildman–Crippen LogP) is 8.96. The van der Waals surface area contributed by atoms with E-state index < -0.39 is 15.9 Å². The minimum Gasteiger partial charge on any atom is -0.758 e. The minimum atomic E-state index is -4.57. The Kier molecular flexibility index (Phi) is 12.3. The van der Waals surface area contributed by atoms with Gasteiger partial charge in [-0.05, 0) is 110 Å². The van der Waals surface area contributed by atoms with Crippen LogP contribution in [-0.4, -0.2) is 93.2 Å². The standard InChI is InChI=1S/C51H61N8O6S/c1-33(2)38-10-4-5-11-39(38)40-12-6-7-14-43(40)59-30-51(31-59)19-21-58(22-20-51)36-15-16-41(45(26-36)65-37-25-35-9-8-13-42(35)52-29-37)50(60)56-66(62,63)46-27-44(57(3)61)47(49-48(46)54-32-55-49)53-28-34-17-23-64-24-18-34/h4-5,8-11,15-16,25-27,29,32-34,40,43,53H,6-7,12-14,17-24,28,30-31H2,1-3H3,(H,54,55)(H,56,60)/q-1/t40-,43-/m0/s1. The maximum atomic E-state index is 14.3. The van der Waals surface area contributed by atoms with Gasteiger partial charge >= 0.3 is 0 Å². The van der Waals surface area contributed by atoms with E-state index in [4.69, 9.17) is 9.47 Å². The van der Waals surface area contributed by atoms with Gasteiger partial charge in [0.05, 0.1) is 40.7 Å². The van der Waals surface area contributed by atoms with Crippen molar-refractivity contribution in [1.82, 2.24) is 24.6 Å². The fraction of sp³-hybridized carbons (Fsp3) is 0.471. The summed E-state index contributed by atoms with van der Waals surface area (Å²) < 4.78 is 42.8. The molecule has 3 saturated heterocycles. The topological polar surface area (TPSA) is 168 Å². The number of sulfonamides is 1. The van der Waals surface area contributed by atoms with Crippen molar-refractivity contribution >= 4 is 50.1 Å². The van der Waals surface area contributed by atoms with E-state index in [2.05, 4.69) is 72.9 Å². The number of aromatic amines is 1. The fourth-order valence-corrected chi connectivity index (χ4v) is 12.4. The highest BCUT2D eigenvalue weighted by molar-refractivity contribution is 7.90. The average molecular weight is 914 g/mol. The lowest BCUT2D eigenvalue weighted by Crippen LogP contribution is -2.64. The Hall–Kier alpha value is -5.48. The number of pyridine rings is 1. The average Bonchev–Trinajstić information content (AvgIpc) is 4.00. The molecule has 0 radical (unpaired) electrons. The van der Waals surface area contributed by atoms with Gasteiger partial charge in [-0.3, -0.25) is 14.7 Å². The highest BCUT2D eigenvalue weighted by Gasteiger charge is 2.49. The third kappa shape index (κ3) is 8.78. The lowest BCUT2D eigenvalue weighted by Gasteiger charge is -2.58. The van der Waals surface area contributed by atoms with Crippen LogP contribution in [0, 0.1) is 16.5 Å². The molecule has 3 aliphatic heterocycles. The Bertz CT molecular complexity index is 2730.